The van der Waals surface area contributed by atoms with Crippen molar-refractivity contribution in [1.29, 1.82) is 5.41 Å². The van der Waals surface area contributed by atoms with Crippen LogP contribution in [-0.4, -0.2) is 94.0 Å². The smallest absolute Gasteiger partial charge is 0.253 e. The summed E-state index contributed by atoms with van der Waals surface area (Å²) in [4.78, 5) is 32.7. The number of nitrogens with zero attached hydrogens (tertiary/aromatic N) is 5. The van der Waals surface area contributed by atoms with E-state index in [-0.39, 0.29) is 11.8 Å². The van der Waals surface area contributed by atoms with Crippen molar-refractivity contribution in [3.8, 4) is 11.5 Å². The zero-order valence-electron chi connectivity index (χ0n) is 40.3. The van der Waals surface area contributed by atoms with Gasteiger partial charge < -0.3 is 38.6 Å². The van der Waals surface area contributed by atoms with Crippen LogP contribution in [0.25, 0.3) is 21.8 Å². The molecule has 67 heavy (non-hydrogen) atoms. The van der Waals surface area contributed by atoms with Gasteiger partial charge in [-0.3, -0.25) is 15.0 Å². The van der Waals surface area contributed by atoms with Gasteiger partial charge in [-0.1, -0.05) is 38.1 Å². The first-order valence-electron chi connectivity index (χ1n) is 24.9. The molecule has 2 saturated heterocycles. The molecule has 6 aromatic rings. The topological polar surface area (TPSA) is 108 Å². The van der Waals surface area contributed by atoms with E-state index in [0.29, 0.717) is 25.0 Å². The van der Waals surface area contributed by atoms with E-state index in [1.165, 1.54) is 44.5 Å². The average molecular weight is 904 g/mol. The Balaban J connectivity index is 0.000000169. The molecule has 2 N–H and O–H groups in total. The van der Waals surface area contributed by atoms with Gasteiger partial charge in [0.15, 0.2) is 0 Å². The maximum Gasteiger partial charge on any atom is 0.253 e. The van der Waals surface area contributed by atoms with Crippen molar-refractivity contribution < 1.29 is 19.1 Å². The molecule has 11 heteroatoms. The lowest BCUT2D eigenvalue weighted by Gasteiger charge is -2.30. The monoisotopic (exact) mass is 904 g/mol. The minimum Gasteiger partial charge on any atom is -0.494 e. The van der Waals surface area contributed by atoms with Crippen LogP contribution in [0.2, 0.25) is 0 Å². The molecule has 10 rings (SSSR count). The molecule has 11 nitrogen and oxygen atoms in total. The molecule has 0 atom stereocenters. The number of amidine groups is 1. The van der Waals surface area contributed by atoms with Crippen LogP contribution in [0.4, 0.5) is 0 Å². The lowest BCUT2D eigenvalue weighted by atomic mass is 9.98. The molecule has 0 bridgehead atoms. The molecule has 0 unspecified atom stereocenters. The van der Waals surface area contributed by atoms with Crippen LogP contribution in [-0.2, 0) is 39.0 Å². The van der Waals surface area contributed by atoms with Crippen LogP contribution in [0.5, 0.6) is 11.5 Å². The second kappa shape index (κ2) is 20.4. The fourth-order valence-corrected chi connectivity index (χ4v) is 10.6. The molecule has 0 saturated carbocycles. The molecule has 352 valence electrons. The van der Waals surface area contributed by atoms with E-state index in [0.717, 1.165) is 143 Å². The number of aromatic nitrogens is 2. The van der Waals surface area contributed by atoms with E-state index in [4.69, 9.17) is 14.9 Å². The number of nitrogens with one attached hydrogen (secondary N) is 2. The van der Waals surface area contributed by atoms with Crippen LogP contribution in [0.3, 0.4) is 0 Å². The number of likely N-dealkylation sites (tertiary alicyclic amines) is 2. The number of piperidine rings is 2. The van der Waals surface area contributed by atoms with Crippen molar-refractivity contribution in [3.05, 3.63) is 130 Å². The third kappa shape index (κ3) is 9.98. The predicted molar refractivity (Wildman–Crippen MR) is 269 cm³/mol. The molecule has 0 aliphatic carbocycles. The number of amides is 2. The molecule has 6 heterocycles. The Bertz CT molecular complexity index is 2720. The van der Waals surface area contributed by atoms with Gasteiger partial charge in [-0.2, -0.15) is 0 Å². The first kappa shape index (κ1) is 46.1. The largest absolute Gasteiger partial charge is 0.494 e. The maximum atomic E-state index is 13.3. The molecule has 0 spiro atoms. The molecule has 2 fully saturated rings. The number of fused-ring (bicyclic) bond motifs is 6. The number of hydrogen-bond donors (Lipinski definition) is 2. The molecule has 0 radical (unpaired) electrons. The third-order valence-corrected chi connectivity index (χ3v) is 14.6. The minimum absolute atomic E-state index is 0.141. The second-order valence-corrected chi connectivity index (χ2v) is 19.3. The summed E-state index contributed by atoms with van der Waals surface area (Å²) < 4.78 is 16.1. The highest BCUT2D eigenvalue weighted by atomic mass is 16.5. The number of benzene rings is 4. The number of carbonyl (C=O) groups excluding carboxylic acids is 2. The summed E-state index contributed by atoms with van der Waals surface area (Å²) >= 11 is 0. The Morgan fingerprint density at radius 2 is 1.07 bits per heavy atom. The van der Waals surface area contributed by atoms with Gasteiger partial charge in [0, 0.05) is 128 Å². The van der Waals surface area contributed by atoms with E-state index < -0.39 is 0 Å². The standard InChI is InChI=1S/C29H36N4O2.C27H33N3O2/c1-4-35-24-8-5-22(6-9-24)18-33-27-10-7-23(29(34)31-14-11-20(2)12-15-31)17-25(27)26-19-32(21(3)30)16-13-28(26)33;1-3-32-22-7-4-20(5-8-22)18-30-25-9-6-21(27(31)29-14-11-19(2)12-15-29)16-23(25)24-17-28-13-10-26(24)30/h5-10,17,20,30H,4,11-16,18-19H2,1-3H3;4-9,16,19,28H,3,10-15,17-18H2,1-2H3. The van der Waals surface area contributed by atoms with Crippen LogP contribution in [0.15, 0.2) is 84.9 Å². The number of hydrogen-bond acceptors (Lipinski definition) is 6. The van der Waals surface area contributed by atoms with Gasteiger partial charge in [0.1, 0.15) is 11.5 Å². The van der Waals surface area contributed by atoms with Crippen molar-refractivity contribution >= 4 is 39.5 Å². The molecule has 4 aliphatic rings. The van der Waals surface area contributed by atoms with E-state index in [1.807, 2.05) is 54.8 Å². The minimum atomic E-state index is 0.141. The normalized spacial score (nSPS) is 16.6. The van der Waals surface area contributed by atoms with Crippen molar-refractivity contribution in [2.75, 3.05) is 52.5 Å². The molecule has 2 aromatic heterocycles. The van der Waals surface area contributed by atoms with Crippen molar-refractivity contribution in [2.24, 2.45) is 11.8 Å². The van der Waals surface area contributed by atoms with Gasteiger partial charge in [0.05, 0.1) is 19.0 Å². The first-order chi connectivity index (χ1) is 32.6. The molecular weight excluding hydrogens is 835 g/mol. The lowest BCUT2D eigenvalue weighted by Crippen LogP contribution is -2.37. The number of ether oxygens (including phenoxy) is 2. The zero-order valence-corrected chi connectivity index (χ0v) is 40.3. The Kier molecular flexibility index (Phi) is 14.0. The summed E-state index contributed by atoms with van der Waals surface area (Å²) in [6, 6.07) is 29.3. The summed E-state index contributed by atoms with van der Waals surface area (Å²) in [5.74, 6) is 4.13. The predicted octanol–water partition coefficient (Wildman–Crippen LogP) is 9.92. The summed E-state index contributed by atoms with van der Waals surface area (Å²) in [6.45, 7) is 20.2. The van der Waals surface area contributed by atoms with Crippen LogP contribution in [0, 0.1) is 17.2 Å². The summed E-state index contributed by atoms with van der Waals surface area (Å²) in [7, 11) is 0. The Labute approximate surface area is 396 Å². The van der Waals surface area contributed by atoms with E-state index in [2.05, 4.69) is 93.9 Å². The first-order valence-corrected chi connectivity index (χ1v) is 24.9. The lowest BCUT2D eigenvalue weighted by molar-refractivity contribution is 0.0689. The molecule has 2 amide bonds. The zero-order chi connectivity index (χ0) is 46.6. The second-order valence-electron chi connectivity index (χ2n) is 19.3. The molecular formula is C56H69N7O4. The fourth-order valence-electron chi connectivity index (χ4n) is 10.6. The fraction of sp³-hybridized carbons (Fsp3) is 0.446. The van der Waals surface area contributed by atoms with Gasteiger partial charge in [0.25, 0.3) is 11.8 Å². The third-order valence-electron chi connectivity index (χ3n) is 14.6. The van der Waals surface area contributed by atoms with Crippen LogP contribution in [0.1, 0.15) is 115 Å². The van der Waals surface area contributed by atoms with Crippen molar-refractivity contribution in [2.45, 2.75) is 99.3 Å². The van der Waals surface area contributed by atoms with Gasteiger partial charge in [0.2, 0.25) is 0 Å². The highest BCUT2D eigenvalue weighted by Crippen LogP contribution is 2.35. The quantitative estimate of drug-likeness (QED) is 0.105. The van der Waals surface area contributed by atoms with E-state index >= 15 is 0 Å². The Morgan fingerprint density at radius 1 is 0.612 bits per heavy atom. The van der Waals surface area contributed by atoms with Crippen molar-refractivity contribution in [1.82, 2.24) is 29.2 Å². The maximum absolute atomic E-state index is 13.3. The van der Waals surface area contributed by atoms with Crippen LogP contribution >= 0.6 is 0 Å². The summed E-state index contributed by atoms with van der Waals surface area (Å²) in [6.07, 6.45) is 6.27. The SMILES string of the molecule is CCOc1ccc(Cn2c3c(c4cc(C(=O)N5CCC(C)CC5)ccc42)CN(C(C)=N)CC3)cc1.CCOc1ccc(Cn2c3c(c4cc(C(=O)N5CCC(C)CC5)ccc42)CNCC3)cc1. The number of carbonyl (C=O) groups is 2. The van der Waals surface area contributed by atoms with E-state index in [1.54, 1.807) is 0 Å². The summed E-state index contributed by atoms with van der Waals surface area (Å²) in [5.41, 5.74) is 11.8. The highest BCUT2D eigenvalue weighted by Gasteiger charge is 2.28. The average Bonchev–Trinajstić information content (AvgIpc) is 3.83. The molecule has 4 aliphatic heterocycles. The van der Waals surface area contributed by atoms with Gasteiger partial charge in [-0.25, -0.2) is 0 Å². The van der Waals surface area contributed by atoms with Gasteiger partial charge in [-0.15, -0.1) is 0 Å². The van der Waals surface area contributed by atoms with Crippen molar-refractivity contribution in [3.63, 3.8) is 0 Å². The Hall–Kier alpha value is -6.07. The molecule has 4 aromatic carbocycles. The number of rotatable bonds is 10. The summed E-state index contributed by atoms with van der Waals surface area (Å²) in [5, 5.41) is 14.1. The van der Waals surface area contributed by atoms with Crippen LogP contribution < -0.4 is 14.8 Å². The Morgan fingerprint density at radius 3 is 1.54 bits per heavy atom. The van der Waals surface area contributed by atoms with E-state index in [9.17, 15) is 9.59 Å². The van der Waals surface area contributed by atoms with Gasteiger partial charge in [-0.05, 0) is 136 Å². The highest BCUT2D eigenvalue weighted by molar-refractivity contribution is 6.00. The van der Waals surface area contributed by atoms with Gasteiger partial charge >= 0.3 is 0 Å².